The molecule has 0 aliphatic carbocycles. The molecule has 0 N–H and O–H groups in total. The normalized spacial score (nSPS) is 11.6. The first kappa shape index (κ1) is 67.9. The smallest absolute Gasteiger partial charge is 0.0464 e. The van der Waals surface area contributed by atoms with Crippen LogP contribution in [0.1, 0.15) is 111 Å². The van der Waals surface area contributed by atoms with E-state index in [1.807, 2.05) is 0 Å². The summed E-state index contributed by atoms with van der Waals surface area (Å²) in [5.74, 6) is 0. The first-order chi connectivity index (χ1) is 49.9. The third-order valence-electron chi connectivity index (χ3n) is 18.4. The van der Waals surface area contributed by atoms with E-state index in [-0.39, 0.29) is 0 Å². The highest BCUT2D eigenvalue weighted by molar-refractivity contribution is 5.86. The molecule has 494 valence electrons. The molecular weight excluding hydrogens is 1230 g/mol. The molecular formula is C100H84N2. The molecule has 0 bridgehead atoms. The largest absolute Gasteiger partial charge is 0.310 e. The van der Waals surface area contributed by atoms with E-state index in [4.69, 9.17) is 0 Å². The fourth-order valence-electron chi connectivity index (χ4n) is 12.5. The number of nitrogens with zero attached hydrogens (tertiary/aromatic N) is 2. The summed E-state index contributed by atoms with van der Waals surface area (Å²) in [6.07, 6.45) is 30.6. The molecule has 0 atom stereocenters. The van der Waals surface area contributed by atoms with Crippen molar-refractivity contribution in [3.8, 4) is 0 Å². The third kappa shape index (κ3) is 18.2. The number of anilines is 6. The van der Waals surface area contributed by atoms with E-state index in [2.05, 4.69) is 452 Å². The monoisotopic (exact) mass is 1310 g/mol. The molecule has 2 nitrogen and oxygen atoms in total. The number of rotatable bonds is 22. The predicted molar refractivity (Wildman–Crippen MR) is 444 cm³/mol. The molecule has 0 aromatic heterocycles. The van der Waals surface area contributed by atoms with Crippen LogP contribution in [0.15, 0.2) is 340 Å². The fraction of sp³-hybridized carbons (Fsp3) is 0.0600. The van der Waals surface area contributed by atoms with Crippen molar-refractivity contribution < 1.29 is 0 Å². The van der Waals surface area contributed by atoms with E-state index < -0.39 is 0 Å². The summed E-state index contributed by atoms with van der Waals surface area (Å²) in [7, 11) is 0. The summed E-state index contributed by atoms with van der Waals surface area (Å²) < 4.78 is 0. The van der Waals surface area contributed by atoms with Crippen LogP contribution in [0, 0.1) is 41.5 Å². The van der Waals surface area contributed by atoms with Crippen LogP contribution in [0.3, 0.4) is 0 Å². The molecule has 0 saturated heterocycles. The molecule has 0 radical (unpaired) electrons. The van der Waals surface area contributed by atoms with Gasteiger partial charge < -0.3 is 9.80 Å². The van der Waals surface area contributed by atoms with Gasteiger partial charge in [0.1, 0.15) is 0 Å². The Balaban J connectivity index is 0.619. The zero-order chi connectivity index (χ0) is 70.0. The Bertz CT molecular complexity index is 4760. The minimum Gasteiger partial charge on any atom is -0.310 e. The van der Waals surface area contributed by atoms with Gasteiger partial charge in [-0.05, 0) is 215 Å². The third-order valence-corrected chi connectivity index (χ3v) is 18.4. The molecule has 0 saturated carbocycles. The number of benzene rings is 13. The van der Waals surface area contributed by atoms with Crippen molar-refractivity contribution in [2.75, 3.05) is 9.80 Å². The van der Waals surface area contributed by atoms with Gasteiger partial charge in [-0.2, -0.15) is 0 Å². The average Bonchev–Trinajstić information content (AvgIpc) is 0.819. The minimum atomic E-state index is 1.09. The first-order valence-corrected chi connectivity index (χ1v) is 35.2. The van der Waals surface area contributed by atoms with Gasteiger partial charge in [0.25, 0.3) is 0 Å². The molecule has 0 aliphatic rings. The van der Waals surface area contributed by atoms with Gasteiger partial charge in [-0.3, -0.25) is 0 Å². The van der Waals surface area contributed by atoms with E-state index in [1.165, 1.54) is 66.8 Å². The van der Waals surface area contributed by atoms with E-state index in [0.717, 1.165) is 89.8 Å². The summed E-state index contributed by atoms with van der Waals surface area (Å²) in [6, 6.07) is 114. The topological polar surface area (TPSA) is 6.48 Å². The van der Waals surface area contributed by atoms with E-state index in [9.17, 15) is 0 Å². The summed E-state index contributed by atoms with van der Waals surface area (Å²) >= 11 is 0. The fourth-order valence-corrected chi connectivity index (χ4v) is 12.5. The van der Waals surface area contributed by atoms with Gasteiger partial charge in [-0.15, -0.1) is 0 Å². The van der Waals surface area contributed by atoms with Crippen molar-refractivity contribution in [1.29, 1.82) is 0 Å². The Hall–Kier alpha value is -12.6. The van der Waals surface area contributed by atoms with Crippen LogP contribution in [-0.2, 0) is 0 Å². The Labute approximate surface area is 604 Å². The quantitative estimate of drug-likeness (QED) is 0.0493. The molecule has 102 heavy (non-hydrogen) atoms. The lowest BCUT2D eigenvalue weighted by Gasteiger charge is -2.26. The maximum absolute atomic E-state index is 2.33. The number of allylic oxidation sites excluding steroid dienone is 4. The highest BCUT2D eigenvalue weighted by Gasteiger charge is 2.15. The second-order valence-corrected chi connectivity index (χ2v) is 26.4. The van der Waals surface area contributed by atoms with Crippen molar-refractivity contribution in [3.63, 3.8) is 0 Å². The minimum absolute atomic E-state index is 1.09. The first-order valence-electron chi connectivity index (χ1n) is 35.2. The maximum Gasteiger partial charge on any atom is 0.0464 e. The zero-order valence-electron chi connectivity index (χ0n) is 59.0. The van der Waals surface area contributed by atoms with E-state index in [1.54, 1.807) is 0 Å². The maximum atomic E-state index is 2.33. The van der Waals surface area contributed by atoms with Crippen molar-refractivity contribution in [1.82, 2.24) is 0 Å². The lowest BCUT2D eigenvalue weighted by molar-refractivity contribution is 1.27. The van der Waals surface area contributed by atoms with Gasteiger partial charge in [0, 0.05) is 34.1 Å². The molecule has 13 aromatic carbocycles. The molecule has 0 fully saturated rings. The van der Waals surface area contributed by atoms with Gasteiger partial charge in [0.2, 0.25) is 0 Å². The predicted octanol–water partition coefficient (Wildman–Crippen LogP) is 27.4. The molecule has 13 aromatic rings. The summed E-state index contributed by atoms with van der Waals surface area (Å²) in [4.78, 5) is 4.66. The summed E-state index contributed by atoms with van der Waals surface area (Å²) in [5.41, 5.74) is 32.7. The Morgan fingerprint density at radius 3 is 0.588 bits per heavy atom. The SMILES string of the molecule is Cc1ccc(C(=CC=Cc2ccc(C=Cc3ccc(N(c4ccc(C=Cc5ccc(C=Cc6ccc(N(c7ccc(C=Cc8ccc(C=CC=C(c9ccc(C)cc9)c9ccc(C)cc9)cc8)cc7)c7cccc(C)c7)cc6)cc5)cc4)c4cccc(C)c4)cc3)cc2)c2ccc(C)cc2)cc1. The molecule has 0 aliphatic heterocycles. The van der Waals surface area contributed by atoms with Crippen molar-refractivity contribution >= 4 is 106 Å². The Morgan fingerprint density at radius 2 is 0.382 bits per heavy atom. The molecule has 0 heterocycles. The lowest BCUT2D eigenvalue weighted by Crippen LogP contribution is -2.10. The van der Waals surface area contributed by atoms with E-state index in [0.29, 0.717) is 0 Å². The van der Waals surface area contributed by atoms with Crippen LogP contribution in [0.5, 0.6) is 0 Å². The molecule has 13 rings (SSSR count). The number of hydrogen-bond acceptors (Lipinski definition) is 2. The molecule has 2 heteroatoms. The molecule has 0 unspecified atom stereocenters. The second kappa shape index (κ2) is 32.8. The van der Waals surface area contributed by atoms with Crippen LogP contribution in [0.4, 0.5) is 34.1 Å². The van der Waals surface area contributed by atoms with Crippen LogP contribution in [0.2, 0.25) is 0 Å². The van der Waals surface area contributed by atoms with Crippen LogP contribution < -0.4 is 9.80 Å². The van der Waals surface area contributed by atoms with Gasteiger partial charge >= 0.3 is 0 Å². The Morgan fingerprint density at radius 1 is 0.186 bits per heavy atom. The van der Waals surface area contributed by atoms with E-state index >= 15 is 0 Å². The highest BCUT2D eigenvalue weighted by atomic mass is 15.1. The average molecular weight is 1310 g/mol. The number of hydrogen-bond donors (Lipinski definition) is 0. The van der Waals surface area contributed by atoms with Crippen LogP contribution >= 0.6 is 0 Å². The summed E-state index contributed by atoms with van der Waals surface area (Å²) in [6.45, 7) is 12.8. The molecule has 0 spiro atoms. The summed E-state index contributed by atoms with van der Waals surface area (Å²) in [5, 5.41) is 0. The highest BCUT2D eigenvalue weighted by Crippen LogP contribution is 2.38. The van der Waals surface area contributed by atoms with Gasteiger partial charge in [-0.25, -0.2) is 0 Å². The van der Waals surface area contributed by atoms with Gasteiger partial charge in [-0.1, -0.05) is 350 Å². The van der Waals surface area contributed by atoms with Crippen molar-refractivity contribution in [2.24, 2.45) is 0 Å². The molecule has 0 amide bonds. The lowest BCUT2D eigenvalue weighted by atomic mass is 9.96. The zero-order valence-corrected chi connectivity index (χ0v) is 59.0. The number of aryl methyl sites for hydroxylation is 6. The van der Waals surface area contributed by atoms with Crippen molar-refractivity contribution in [3.05, 3.63) is 451 Å². The second-order valence-electron chi connectivity index (χ2n) is 26.4. The van der Waals surface area contributed by atoms with Crippen LogP contribution in [0.25, 0.3) is 71.9 Å². The van der Waals surface area contributed by atoms with Crippen LogP contribution in [-0.4, -0.2) is 0 Å². The standard InChI is InChI=1S/C100H84N2/c1-73-19-55-89(56-20-73)99(90-57-21-74(2)22-58-90)17-9-13-79-27-31-81(32-28-79)39-43-85-47-63-93(64-48-85)101(97-15-7-11-77(5)71-97)95-67-51-87(52-68-95)45-41-83-35-37-84(38-36-83)42-46-88-53-69-96(70-54-88)102(98-16-8-12-78(6)72-98)94-65-49-86(50-66-94)44-40-82-33-29-80(30-34-82)14-10-18-100(91-59-23-75(3)24-60-91)92-61-25-76(4)26-62-92/h7-72H,1-6H3. The Kier molecular flexibility index (Phi) is 21.9. The van der Waals surface area contributed by atoms with Gasteiger partial charge in [0.15, 0.2) is 0 Å². The van der Waals surface area contributed by atoms with Gasteiger partial charge in [0.05, 0.1) is 0 Å². The van der Waals surface area contributed by atoms with Crippen molar-refractivity contribution in [2.45, 2.75) is 41.5 Å².